The van der Waals surface area contributed by atoms with Crippen molar-refractivity contribution in [3.05, 3.63) is 23.8 Å². The minimum absolute atomic E-state index is 0. The van der Waals surface area contributed by atoms with Gasteiger partial charge < -0.3 is 19.5 Å². The fourth-order valence-electron chi connectivity index (χ4n) is 3.44. The van der Waals surface area contributed by atoms with Gasteiger partial charge in [-0.25, -0.2) is 4.99 Å². The van der Waals surface area contributed by atoms with E-state index in [-0.39, 0.29) is 24.0 Å². The van der Waals surface area contributed by atoms with E-state index in [1.807, 2.05) is 18.5 Å². The summed E-state index contributed by atoms with van der Waals surface area (Å²) in [6, 6.07) is 0.605. The van der Waals surface area contributed by atoms with Gasteiger partial charge in [0, 0.05) is 59.5 Å². The molecule has 9 heteroatoms. The van der Waals surface area contributed by atoms with Crippen LogP contribution in [0.15, 0.2) is 17.1 Å². The van der Waals surface area contributed by atoms with Gasteiger partial charge in [-0.2, -0.15) is 0 Å². The van der Waals surface area contributed by atoms with Crippen molar-refractivity contribution in [2.45, 2.75) is 32.4 Å². The van der Waals surface area contributed by atoms with Crippen LogP contribution in [-0.4, -0.2) is 83.0 Å². The summed E-state index contributed by atoms with van der Waals surface area (Å²) < 4.78 is 7.15. The summed E-state index contributed by atoms with van der Waals surface area (Å²) in [5.41, 5.74) is 0. The Kier molecular flexibility index (Phi) is 8.97. The lowest BCUT2D eigenvalue weighted by Crippen LogP contribution is -2.43. The Morgan fingerprint density at radius 3 is 2.78 bits per heavy atom. The molecule has 0 amide bonds. The van der Waals surface area contributed by atoms with Crippen molar-refractivity contribution in [2.75, 3.05) is 46.4 Å². The molecular weight excluding hydrogens is 457 g/mol. The van der Waals surface area contributed by atoms with Crippen LogP contribution in [-0.2, 0) is 18.3 Å². The number of nitrogens with one attached hydrogen (secondary N) is 1. The Labute approximate surface area is 179 Å². The van der Waals surface area contributed by atoms with Crippen LogP contribution in [0.3, 0.4) is 0 Å². The lowest BCUT2D eigenvalue weighted by Gasteiger charge is -2.25. The molecule has 0 spiro atoms. The Morgan fingerprint density at radius 2 is 2.11 bits per heavy atom. The third-order valence-corrected chi connectivity index (χ3v) is 5.19. The van der Waals surface area contributed by atoms with Crippen LogP contribution in [0.2, 0.25) is 0 Å². The largest absolute Gasteiger partial charge is 0.385 e. The van der Waals surface area contributed by atoms with Crippen molar-refractivity contribution >= 4 is 29.9 Å². The van der Waals surface area contributed by atoms with Crippen LogP contribution < -0.4 is 5.32 Å². The van der Waals surface area contributed by atoms with Crippen LogP contribution in [0.5, 0.6) is 0 Å². The predicted molar refractivity (Wildman–Crippen MR) is 117 cm³/mol. The minimum atomic E-state index is 0. The Bertz CT molecular complexity index is 638. The first kappa shape index (κ1) is 22.1. The molecule has 3 rings (SSSR count). The van der Waals surface area contributed by atoms with Gasteiger partial charge in [0.05, 0.1) is 0 Å². The second-order valence-corrected chi connectivity index (χ2v) is 6.95. The van der Waals surface area contributed by atoms with Gasteiger partial charge in [0.25, 0.3) is 0 Å². The molecule has 0 aliphatic carbocycles. The fraction of sp³-hybridized carbons (Fsp3) is 0.722. The van der Waals surface area contributed by atoms with E-state index in [9.17, 15) is 0 Å². The summed E-state index contributed by atoms with van der Waals surface area (Å²) in [5, 5.41) is 11.9. The highest BCUT2D eigenvalue weighted by atomic mass is 127. The number of nitrogens with zero attached hydrogens (tertiary/aromatic N) is 6. The first-order chi connectivity index (χ1) is 12.7. The SMILES string of the molecule is COCCCNC(=NCc1nnc(C)n1C)N1CCC(N2CC=CC2)C1.I. The molecule has 1 saturated heterocycles. The maximum Gasteiger partial charge on any atom is 0.194 e. The molecule has 0 aromatic carbocycles. The van der Waals surface area contributed by atoms with E-state index < -0.39 is 0 Å². The Morgan fingerprint density at radius 1 is 1.33 bits per heavy atom. The van der Waals surface area contributed by atoms with E-state index in [4.69, 9.17) is 9.73 Å². The molecule has 0 bridgehead atoms. The van der Waals surface area contributed by atoms with E-state index in [1.165, 1.54) is 6.42 Å². The summed E-state index contributed by atoms with van der Waals surface area (Å²) >= 11 is 0. The zero-order valence-corrected chi connectivity index (χ0v) is 18.9. The number of methoxy groups -OCH3 is 1. The van der Waals surface area contributed by atoms with Gasteiger partial charge in [-0.05, 0) is 19.8 Å². The second kappa shape index (κ2) is 11.0. The minimum Gasteiger partial charge on any atom is -0.385 e. The predicted octanol–water partition coefficient (Wildman–Crippen LogP) is 1.17. The Balaban J connectivity index is 0.00000261. The molecule has 0 radical (unpaired) electrons. The quantitative estimate of drug-likeness (QED) is 0.204. The first-order valence-corrected chi connectivity index (χ1v) is 9.45. The number of rotatable bonds is 7. The number of ether oxygens (including phenoxy) is 1. The van der Waals surface area contributed by atoms with Gasteiger partial charge in [0.2, 0.25) is 0 Å². The van der Waals surface area contributed by atoms with Crippen LogP contribution in [0.1, 0.15) is 24.5 Å². The van der Waals surface area contributed by atoms with E-state index in [0.29, 0.717) is 12.6 Å². The lowest BCUT2D eigenvalue weighted by molar-refractivity contribution is 0.195. The first-order valence-electron chi connectivity index (χ1n) is 9.45. The molecule has 1 atom stereocenters. The van der Waals surface area contributed by atoms with Crippen LogP contribution in [0.25, 0.3) is 0 Å². The highest BCUT2D eigenvalue weighted by Gasteiger charge is 2.29. The molecule has 152 valence electrons. The van der Waals surface area contributed by atoms with Crippen molar-refractivity contribution in [1.29, 1.82) is 0 Å². The average molecular weight is 489 g/mol. The topological polar surface area (TPSA) is 70.8 Å². The van der Waals surface area contributed by atoms with E-state index in [1.54, 1.807) is 7.11 Å². The molecular formula is C18H32IN7O. The summed E-state index contributed by atoms with van der Waals surface area (Å²) in [4.78, 5) is 9.75. The number of aromatic nitrogens is 3. The van der Waals surface area contributed by atoms with Crippen molar-refractivity contribution < 1.29 is 4.74 Å². The standard InChI is InChI=1S/C18H31N7O.HI/c1-15-21-22-17(23(15)2)13-20-18(19-8-6-12-26-3)25-11-7-16(14-25)24-9-4-5-10-24;/h4-5,16H,6-14H2,1-3H3,(H,19,20);1H. The molecule has 8 nitrogen and oxygen atoms in total. The van der Waals surface area contributed by atoms with Gasteiger partial charge >= 0.3 is 0 Å². The molecule has 3 heterocycles. The monoisotopic (exact) mass is 489 g/mol. The van der Waals surface area contributed by atoms with Gasteiger partial charge in [0.1, 0.15) is 12.4 Å². The number of aryl methyl sites for hydroxylation is 1. The number of aliphatic imine (C=N–C) groups is 1. The third-order valence-electron chi connectivity index (χ3n) is 5.19. The highest BCUT2D eigenvalue weighted by molar-refractivity contribution is 14.0. The number of hydrogen-bond acceptors (Lipinski definition) is 5. The molecule has 27 heavy (non-hydrogen) atoms. The summed E-state index contributed by atoms with van der Waals surface area (Å²) in [5.74, 6) is 2.77. The van der Waals surface area contributed by atoms with Gasteiger partial charge in [0.15, 0.2) is 11.8 Å². The van der Waals surface area contributed by atoms with Crippen LogP contribution in [0, 0.1) is 6.92 Å². The van der Waals surface area contributed by atoms with Gasteiger partial charge in [-0.3, -0.25) is 4.90 Å². The average Bonchev–Trinajstić information content (AvgIpc) is 3.38. The van der Waals surface area contributed by atoms with E-state index >= 15 is 0 Å². The van der Waals surface area contributed by atoms with E-state index in [2.05, 4.69) is 37.5 Å². The van der Waals surface area contributed by atoms with Gasteiger partial charge in [-0.1, -0.05) is 12.2 Å². The fourth-order valence-corrected chi connectivity index (χ4v) is 3.44. The zero-order chi connectivity index (χ0) is 18.4. The molecule has 1 aromatic heterocycles. The molecule has 1 unspecified atom stereocenters. The maximum absolute atomic E-state index is 5.15. The zero-order valence-electron chi connectivity index (χ0n) is 16.6. The third kappa shape index (κ3) is 5.89. The van der Waals surface area contributed by atoms with Crippen molar-refractivity contribution in [3.63, 3.8) is 0 Å². The number of guanidine groups is 1. The summed E-state index contributed by atoms with van der Waals surface area (Å²) in [7, 11) is 3.72. The maximum atomic E-state index is 5.15. The molecule has 2 aliphatic heterocycles. The molecule has 2 aliphatic rings. The van der Waals surface area contributed by atoms with E-state index in [0.717, 1.165) is 63.4 Å². The second-order valence-electron chi connectivity index (χ2n) is 6.95. The number of hydrogen-bond donors (Lipinski definition) is 1. The normalized spacial score (nSPS) is 20.3. The number of halogens is 1. The smallest absolute Gasteiger partial charge is 0.194 e. The lowest BCUT2D eigenvalue weighted by atomic mass is 10.2. The molecule has 1 aromatic rings. The van der Waals surface area contributed by atoms with Crippen molar-refractivity contribution in [3.8, 4) is 0 Å². The summed E-state index contributed by atoms with van der Waals surface area (Å²) in [6.07, 6.45) is 6.67. The number of likely N-dealkylation sites (tertiary alicyclic amines) is 1. The molecule has 1 fully saturated rings. The highest BCUT2D eigenvalue weighted by Crippen LogP contribution is 2.18. The van der Waals surface area contributed by atoms with Gasteiger partial charge in [-0.15, -0.1) is 34.2 Å². The van der Waals surface area contributed by atoms with Crippen LogP contribution >= 0.6 is 24.0 Å². The Hall–Kier alpha value is -1.20. The molecule has 0 saturated carbocycles. The molecule has 1 N–H and O–H groups in total. The summed E-state index contributed by atoms with van der Waals surface area (Å²) in [6.45, 7) is 8.32. The van der Waals surface area contributed by atoms with Crippen molar-refractivity contribution in [2.24, 2.45) is 12.0 Å². The van der Waals surface area contributed by atoms with Crippen molar-refractivity contribution in [1.82, 2.24) is 29.9 Å². The van der Waals surface area contributed by atoms with Crippen LogP contribution in [0.4, 0.5) is 0 Å².